The van der Waals surface area contributed by atoms with Crippen molar-refractivity contribution in [2.75, 3.05) is 0 Å². The summed E-state index contributed by atoms with van der Waals surface area (Å²) in [5, 5.41) is 0. The largest absolute Gasteiger partial charge is 0.152 e. The van der Waals surface area contributed by atoms with E-state index in [0.29, 0.717) is 0 Å². The molecule has 0 radical (unpaired) electrons. The van der Waals surface area contributed by atoms with E-state index in [1.165, 1.54) is 16.7 Å². The molecule has 0 amide bonds. The van der Waals surface area contributed by atoms with Gasteiger partial charge in [-0.3, -0.25) is 0 Å². The number of halogens is 1. The van der Waals surface area contributed by atoms with Crippen LogP contribution in [0.4, 0.5) is 0 Å². The van der Waals surface area contributed by atoms with Gasteiger partial charge in [-0.15, -0.1) is 0 Å². The molecule has 0 bridgehead atoms. The van der Waals surface area contributed by atoms with Crippen LogP contribution in [-0.2, 0) is 11.5 Å². The van der Waals surface area contributed by atoms with Gasteiger partial charge in [0.1, 0.15) is 0 Å². The topological polar surface area (TPSA) is 0 Å². The third-order valence-corrected chi connectivity index (χ3v) is 4.28. The average Bonchev–Trinajstić information content (AvgIpc) is 2.34. The van der Waals surface area contributed by atoms with Gasteiger partial charge in [0, 0.05) is 16.0 Å². The van der Waals surface area contributed by atoms with Crippen molar-refractivity contribution >= 4 is 27.7 Å². The molecule has 0 aromatic heterocycles. The second kappa shape index (κ2) is 6.27. The van der Waals surface area contributed by atoms with Crippen molar-refractivity contribution in [2.45, 2.75) is 18.4 Å². The van der Waals surface area contributed by atoms with Crippen molar-refractivity contribution in [3.8, 4) is 0 Å². The van der Waals surface area contributed by atoms with E-state index >= 15 is 0 Å². The van der Waals surface area contributed by atoms with Gasteiger partial charge in [-0.05, 0) is 35.7 Å². The predicted octanol–water partition coefficient (Wildman–Crippen LogP) is 5.19. The molecule has 0 atom stereocenters. The Kier molecular flexibility index (Phi) is 4.69. The van der Waals surface area contributed by atoms with E-state index < -0.39 is 0 Å². The molecule has 0 unspecified atom stereocenters. The van der Waals surface area contributed by atoms with Crippen LogP contribution in [0.3, 0.4) is 0 Å². The van der Waals surface area contributed by atoms with Crippen LogP contribution in [0.2, 0.25) is 0 Å². The Balaban J connectivity index is 1.88. The highest BCUT2D eigenvalue weighted by Crippen LogP contribution is 2.21. The van der Waals surface area contributed by atoms with Gasteiger partial charge >= 0.3 is 0 Å². The zero-order valence-corrected chi connectivity index (χ0v) is 12.2. The first-order valence-corrected chi connectivity index (χ1v) is 7.57. The van der Waals surface area contributed by atoms with Crippen LogP contribution in [0.25, 0.3) is 0 Å². The molecule has 0 aliphatic rings. The zero-order chi connectivity index (χ0) is 12.1. The third kappa shape index (κ3) is 3.90. The lowest BCUT2D eigenvalue weighted by molar-refractivity contribution is 1.29. The van der Waals surface area contributed by atoms with Crippen molar-refractivity contribution in [3.05, 3.63) is 69.7 Å². The second-order valence-electron chi connectivity index (χ2n) is 4.05. The summed E-state index contributed by atoms with van der Waals surface area (Å²) in [5.74, 6) is 2.16. The molecule has 2 heteroatoms. The molecule has 0 heterocycles. The maximum absolute atomic E-state index is 3.45. The summed E-state index contributed by atoms with van der Waals surface area (Å²) in [6.07, 6.45) is 0. The van der Waals surface area contributed by atoms with Crippen LogP contribution >= 0.6 is 27.7 Å². The Morgan fingerprint density at radius 2 is 1.65 bits per heavy atom. The van der Waals surface area contributed by atoms with Gasteiger partial charge in [0.2, 0.25) is 0 Å². The molecule has 2 aromatic carbocycles. The highest BCUT2D eigenvalue weighted by atomic mass is 79.9. The van der Waals surface area contributed by atoms with Crippen molar-refractivity contribution in [1.82, 2.24) is 0 Å². The van der Waals surface area contributed by atoms with Gasteiger partial charge in [-0.1, -0.05) is 52.3 Å². The molecule has 17 heavy (non-hydrogen) atoms. The smallest absolute Gasteiger partial charge is 0.0190 e. The number of hydrogen-bond donors (Lipinski definition) is 0. The van der Waals surface area contributed by atoms with E-state index in [-0.39, 0.29) is 0 Å². The van der Waals surface area contributed by atoms with E-state index in [9.17, 15) is 0 Å². The van der Waals surface area contributed by atoms with Gasteiger partial charge in [-0.25, -0.2) is 0 Å². The number of hydrogen-bond acceptors (Lipinski definition) is 1. The van der Waals surface area contributed by atoms with Crippen LogP contribution in [-0.4, -0.2) is 0 Å². The highest BCUT2D eigenvalue weighted by molar-refractivity contribution is 9.10. The normalized spacial score (nSPS) is 10.5. The lowest BCUT2D eigenvalue weighted by atomic mass is 10.1. The van der Waals surface area contributed by atoms with E-state index in [0.717, 1.165) is 16.0 Å². The van der Waals surface area contributed by atoms with Crippen LogP contribution in [0.5, 0.6) is 0 Å². The summed E-state index contributed by atoms with van der Waals surface area (Å²) in [6.45, 7) is 2.18. The fourth-order valence-electron chi connectivity index (χ4n) is 1.63. The van der Waals surface area contributed by atoms with Crippen LogP contribution in [0.1, 0.15) is 16.7 Å². The summed E-state index contributed by atoms with van der Waals surface area (Å²) < 4.78 is 1.14. The van der Waals surface area contributed by atoms with Crippen molar-refractivity contribution in [1.29, 1.82) is 0 Å². The summed E-state index contributed by atoms with van der Waals surface area (Å²) in [4.78, 5) is 0. The molecule has 0 saturated carbocycles. The molecular formula is C15H15BrS. The quantitative estimate of drug-likeness (QED) is 0.749. The fraction of sp³-hybridized carbons (Fsp3) is 0.200. The van der Waals surface area contributed by atoms with Crippen LogP contribution in [0, 0.1) is 6.92 Å². The molecular weight excluding hydrogens is 292 g/mol. The van der Waals surface area contributed by atoms with Gasteiger partial charge < -0.3 is 0 Å². The lowest BCUT2D eigenvalue weighted by Crippen LogP contribution is -1.86. The maximum atomic E-state index is 3.45. The molecule has 0 saturated heterocycles. The number of benzene rings is 2. The standard InChI is InChI=1S/C15H15BrS/c1-12-4-2-3-5-14(12)11-17-10-13-6-8-15(16)9-7-13/h2-9H,10-11H2,1H3. The van der Waals surface area contributed by atoms with Gasteiger partial charge in [0.05, 0.1) is 0 Å². The molecule has 2 rings (SSSR count). The van der Waals surface area contributed by atoms with E-state index in [1.54, 1.807) is 0 Å². The predicted molar refractivity (Wildman–Crippen MR) is 80.3 cm³/mol. The Labute approximate surface area is 116 Å². The Bertz CT molecular complexity index is 477. The Morgan fingerprint density at radius 1 is 0.941 bits per heavy atom. The number of thioether (sulfide) groups is 1. The first kappa shape index (κ1) is 12.7. The minimum absolute atomic E-state index is 1.07. The minimum atomic E-state index is 1.07. The fourth-order valence-corrected chi connectivity index (χ4v) is 2.97. The van der Waals surface area contributed by atoms with Crippen molar-refractivity contribution in [3.63, 3.8) is 0 Å². The molecule has 0 nitrogen and oxygen atoms in total. The first-order chi connectivity index (χ1) is 8.25. The van der Waals surface area contributed by atoms with Crippen LogP contribution in [0.15, 0.2) is 53.0 Å². The lowest BCUT2D eigenvalue weighted by Gasteiger charge is -2.05. The summed E-state index contributed by atoms with van der Waals surface area (Å²) >= 11 is 5.42. The monoisotopic (exact) mass is 306 g/mol. The maximum Gasteiger partial charge on any atom is 0.0190 e. The van der Waals surface area contributed by atoms with Gasteiger partial charge in [0.15, 0.2) is 0 Å². The van der Waals surface area contributed by atoms with Crippen molar-refractivity contribution < 1.29 is 0 Å². The number of rotatable bonds is 4. The minimum Gasteiger partial charge on any atom is -0.152 e. The van der Waals surface area contributed by atoms with E-state index in [4.69, 9.17) is 0 Å². The second-order valence-corrected chi connectivity index (χ2v) is 5.95. The third-order valence-electron chi connectivity index (χ3n) is 2.70. The molecule has 88 valence electrons. The molecule has 2 aromatic rings. The molecule has 0 aliphatic carbocycles. The van der Waals surface area contributed by atoms with E-state index in [2.05, 4.69) is 71.4 Å². The number of aryl methyl sites for hydroxylation is 1. The molecule has 0 N–H and O–H groups in total. The van der Waals surface area contributed by atoms with Gasteiger partial charge in [-0.2, -0.15) is 11.8 Å². The first-order valence-electron chi connectivity index (χ1n) is 5.62. The van der Waals surface area contributed by atoms with Crippen molar-refractivity contribution in [2.24, 2.45) is 0 Å². The summed E-state index contributed by atoms with van der Waals surface area (Å²) in [5.41, 5.74) is 4.21. The molecule has 0 aliphatic heterocycles. The molecule has 0 spiro atoms. The summed E-state index contributed by atoms with van der Waals surface area (Å²) in [7, 11) is 0. The zero-order valence-electron chi connectivity index (χ0n) is 9.82. The van der Waals surface area contributed by atoms with E-state index in [1.807, 2.05) is 11.8 Å². The molecule has 0 fully saturated rings. The van der Waals surface area contributed by atoms with Gasteiger partial charge in [0.25, 0.3) is 0 Å². The average molecular weight is 307 g/mol. The Morgan fingerprint density at radius 3 is 2.35 bits per heavy atom. The summed E-state index contributed by atoms with van der Waals surface area (Å²) in [6, 6.07) is 17.2. The van der Waals surface area contributed by atoms with Crippen LogP contribution < -0.4 is 0 Å². The highest BCUT2D eigenvalue weighted by Gasteiger charge is 1.98. The Hall–Kier alpha value is -0.730. The SMILES string of the molecule is Cc1ccccc1CSCc1ccc(Br)cc1.